The van der Waals surface area contributed by atoms with E-state index in [-0.39, 0.29) is 36.0 Å². The zero-order valence-corrected chi connectivity index (χ0v) is 26.6. The molecule has 9 nitrogen and oxygen atoms in total. The van der Waals surface area contributed by atoms with Gasteiger partial charge in [-0.25, -0.2) is 9.40 Å². The summed E-state index contributed by atoms with van der Waals surface area (Å²) in [6.07, 6.45) is 1.24. The van der Waals surface area contributed by atoms with Gasteiger partial charge < -0.3 is 14.6 Å². The van der Waals surface area contributed by atoms with E-state index >= 15 is 0 Å². The standard InChI is InChI=1S/C34H31FN6O3S2/c1-44-29-11-6-5-10-26(29)33(43)36-21-31-37-38-34(40(31)18-17-23-8-3-2-4-9-23)46-22-32(42)41-28(24-13-15-25(35)16-14-24)20-27(39-41)30-12-7-19-45-30/h2-16,19,28H,17-18,20-22H2,1H3,(H,36,43)/t28-/m0/s1. The maximum Gasteiger partial charge on any atom is 0.255 e. The molecule has 0 saturated heterocycles. The Hall–Kier alpha value is -4.81. The van der Waals surface area contributed by atoms with E-state index in [4.69, 9.17) is 9.84 Å². The van der Waals surface area contributed by atoms with Crippen LogP contribution in [0.2, 0.25) is 0 Å². The number of methoxy groups -OCH3 is 1. The summed E-state index contributed by atoms with van der Waals surface area (Å²) in [5.74, 6) is 0.285. The summed E-state index contributed by atoms with van der Waals surface area (Å²) < 4.78 is 21.0. The van der Waals surface area contributed by atoms with Crippen molar-refractivity contribution >= 4 is 40.6 Å². The van der Waals surface area contributed by atoms with Crippen molar-refractivity contribution in [3.8, 4) is 5.75 Å². The van der Waals surface area contributed by atoms with Crippen LogP contribution in [-0.2, 0) is 24.3 Å². The molecule has 0 bridgehead atoms. The lowest BCUT2D eigenvalue weighted by molar-refractivity contribution is -0.130. The van der Waals surface area contributed by atoms with Crippen LogP contribution in [0.4, 0.5) is 4.39 Å². The van der Waals surface area contributed by atoms with Crippen molar-refractivity contribution in [2.24, 2.45) is 5.10 Å². The maximum absolute atomic E-state index is 13.7. The predicted octanol–water partition coefficient (Wildman–Crippen LogP) is 6.13. The number of para-hydroxylation sites is 1. The molecule has 1 atom stereocenters. The summed E-state index contributed by atoms with van der Waals surface area (Å²) >= 11 is 2.84. The molecular weight excluding hydrogens is 624 g/mol. The van der Waals surface area contributed by atoms with Gasteiger partial charge in [-0.1, -0.05) is 72.4 Å². The third-order valence-electron chi connectivity index (χ3n) is 7.57. The Bertz CT molecular complexity index is 1830. The normalized spacial score (nSPS) is 14.3. The number of aryl methyl sites for hydroxylation is 1. The number of ether oxygens (including phenoxy) is 1. The summed E-state index contributed by atoms with van der Waals surface area (Å²) in [6, 6.07) is 26.9. The van der Waals surface area contributed by atoms with Crippen LogP contribution in [-0.4, -0.2) is 50.2 Å². The molecule has 0 aliphatic carbocycles. The Labute approximate surface area is 274 Å². The molecule has 234 valence electrons. The highest BCUT2D eigenvalue weighted by atomic mass is 32.2. The minimum atomic E-state index is -0.345. The lowest BCUT2D eigenvalue weighted by atomic mass is 10.0. The number of hydrogen-bond donors (Lipinski definition) is 1. The molecule has 0 saturated carbocycles. The molecule has 1 N–H and O–H groups in total. The molecular formula is C34H31FN6O3S2. The van der Waals surface area contributed by atoms with Crippen molar-refractivity contribution in [3.63, 3.8) is 0 Å². The molecule has 0 unspecified atom stereocenters. The van der Waals surface area contributed by atoms with E-state index in [2.05, 4.69) is 27.6 Å². The second-order valence-corrected chi connectivity index (χ2v) is 12.4. The molecule has 3 aromatic carbocycles. The number of hydrazone groups is 1. The minimum absolute atomic E-state index is 0.0654. The van der Waals surface area contributed by atoms with Crippen molar-refractivity contribution in [3.05, 3.63) is 130 Å². The third-order valence-corrected chi connectivity index (χ3v) is 9.44. The fourth-order valence-electron chi connectivity index (χ4n) is 5.22. The van der Waals surface area contributed by atoms with Crippen LogP contribution in [0.3, 0.4) is 0 Å². The Balaban J connectivity index is 1.20. The highest BCUT2D eigenvalue weighted by Gasteiger charge is 2.33. The number of hydrogen-bond acceptors (Lipinski definition) is 8. The number of nitrogens with zero attached hydrogens (tertiary/aromatic N) is 5. The average Bonchev–Trinajstić information content (AvgIpc) is 3.86. The van der Waals surface area contributed by atoms with Crippen molar-refractivity contribution in [2.75, 3.05) is 12.9 Å². The summed E-state index contributed by atoms with van der Waals surface area (Å²) in [5.41, 5.74) is 3.20. The molecule has 0 radical (unpaired) electrons. The van der Waals surface area contributed by atoms with E-state index in [0.29, 0.717) is 41.7 Å². The Morgan fingerprint density at radius 3 is 2.54 bits per heavy atom. The summed E-state index contributed by atoms with van der Waals surface area (Å²) in [7, 11) is 1.52. The van der Waals surface area contributed by atoms with Crippen molar-refractivity contribution < 1.29 is 18.7 Å². The van der Waals surface area contributed by atoms with Gasteiger partial charge in [0.25, 0.3) is 11.8 Å². The number of benzene rings is 3. The third kappa shape index (κ3) is 7.19. The van der Waals surface area contributed by atoms with E-state index < -0.39 is 0 Å². The minimum Gasteiger partial charge on any atom is -0.496 e. The van der Waals surface area contributed by atoms with Crippen LogP contribution < -0.4 is 10.1 Å². The molecule has 2 amide bonds. The smallest absolute Gasteiger partial charge is 0.255 e. The van der Waals surface area contributed by atoms with Gasteiger partial charge in [0.15, 0.2) is 11.0 Å². The molecule has 0 fully saturated rings. The van der Waals surface area contributed by atoms with E-state index in [1.807, 2.05) is 40.3 Å². The van der Waals surface area contributed by atoms with Gasteiger partial charge in [0, 0.05) is 13.0 Å². The van der Waals surface area contributed by atoms with Crippen molar-refractivity contribution in [1.29, 1.82) is 0 Å². The second-order valence-electron chi connectivity index (χ2n) is 10.5. The number of carbonyl (C=O) groups is 2. The number of thiophene rings is 1. The molecule has 5 aromatic rings. The van der Waals surface area contributed by atoms with Gasteiger partial charge in [-0.05, 0) is 53.3 Å². The largest absolute Gasteiger partial charge is 0.496 e. The van der Waals surface area contributed by atoms with Crippen LogP contribution in [0.15, 0.2) is 107 Å². The van der Waals surface area contributed by atoms with Gasteiger partial charge in [0.1, 0.15) is 11.6 Å². The van der Waals surface area contributed by atoms with Crippen LogP contribution in [0.1, 0.15) is 44.6 Å². The Kier molecular flexibility index (Phi) is 9.85. The Morgan fingerprint density at radius 1 is 1.00 bits per heavy atom. The van der Waals surface area contributed by atoms with Gasteiger partial charge in [0.05, 0.1) is 41.6 Å². The molecule has 1 aliphatic heterocycles. The fraction of sp³-hybridized carbons (Fsp3) is 0.206. The van der Waals surface area contributed by atoms with Gasteiger partial charge in [0.2, 0.25) is 0 Å². The molecule has 46 heavy (non-hydrogen) atoms. The first kappa shape index (κ1) is 31.2. The average molecular weight is 655 g/mol. The highest BCUT2D eigenvalue weighted by Crippen LogP contribution is 2.35. The number of halogens is 1. The van der Waals surface area contributed by atoms with Crippen LogP contribution in [0.25, 0.3) is 0 Å². The number of thioether (sulfide) groups is 1. The van der Waals surface area contributed by atoms with Crippen LogP contribution in [0, 0.1) is 5.82 Å². The number of carbonyl (C=O) groups excluding carboxylic acids is 2. The zero-order valence-electron chi connectivity index (χ0n) is 25.0. The van der Waals surface area contributed by atoms with Crippen LogP contribution in [0.5, 0.6) is 5.75 Å². The first-order valence-corrected chi connectivity index (χ1v) is 16.6. The van der Waals surface area contributed by atoms with E-state index in [1.165, 1.54) is 36.0 Å². The second kappa shape index (κ2) is 14.5. The zero-order chi connectivity index (χ0) is 31.9. The van der Waals surface area contributed by atoms with Gasteiger partial charge in [-0.2, -0.15) is 5.10 Å². The highest BCUT2D eigenvalue weighted by molar-refractivity contribution is 7.99. The van der Waals surface area contributed by atoms with Gasteiger partial charge in [-0.3, -0.25) is 9.59 Å². The predicted molar refractivity (Wildman–Crippen MR) is 177 cm³/mol. The quantitative estimate of drug-likeness (QED) is 0.163. The first-order chi connectivity index (χ1) is 22.5. The molecule has 3 heterocycles. The Morgan fingerprint density at radius 2 is 1.78 bits per heavy atom. The lowest BCUT2D eigenvalue weighted by Crippen LogP contribution is -2.28. The van der Waals surface area contributed by atoms with Crippen molar-refractivity contribution in [1.82, 2.24) is 25.1 Å². The summed E-state index contributed by atoms with van der Waals surface area (Å²) in [6.45, 7) is 0.691. The first-order valence-electron chi connectivity index (χ1n) is 14.7. The molecule has 6 rings (SSSR count). The van der Waals surface area contributed by atoms with E-state index in [9.17, 15) is 14.0 Å². The van der Waals surface area contributed by atoms with Gasteiger partial charge in [-0.15, -0.1) is 21.5 Å². The molecule has 0 spiro atoms. The van der Waals surface area contributed by atoms with E-state index in [1.54, 1.807) is 47.7 Å². The summed E-state index contributed by atoms with van der Waals surface area (Å²) in [5, 5.41) is 20.5. The van der Waals surface area contributed by atoms with Crippen LogP contribution >= 0.6 is 23.1 Å². The number of aromatic nitrogens is 3. The molecule has 1 aliphatic rings. The van der Waals surface area contributed by atoms with Gasteiger partial charge >= 0.3 is 0 Å². The summed E-state index contributed by atoms with van der Waals surface area (Å²) in [4.78, 5) is 27.7. The number of rotatable bonds is 12. The number of amides is 2. The maximum atomic E-state index is 13.7. The molecule has 2 aromatic heterocycles. The monoisotopic (exact) mass is 654 g/mol. The topological polar surface area (TPSA) is 102 Å². The molecule has 12 heteroatoms. The van der Waals surface area contributed by atoms with Crippen molar-refractivity contribution in [2.45, 2.75) is 37.1 Å². The van der Waals surface area contributed by atoms with E-state index in [0.717, 1.165) is 21.7 Å². The number of nitrogens with one attached hydrogen (secondary N) is 1. The SMILES string of the molecule is COc1ccccc1C(=O)NCc1nnc(SCC(=O)N2N=C(c3cccs3)C[C@H]2c2ccc(F)cc2)n1CCc1ccccc1. The fourth-order valence-corrected chi connectivity index (χ4v) is 6.78. The lowest BCUT2D eigenvalue weighted by Gasteiger charge is -2.22.